The molecule has 7 nitrogen and oxygen atoms in total. The highest BCUT2D eigenvalue weighted by molar-refractivity contribution is 9.10. The molecule has 0 radical (unpaired) electrons. The molecule has 0 aliphatic carbocycles. The number of aromatic amines is 1. The quantitative estimate of drug-likeness (QED) is 0.776. The highest BCUT2D eigenvalue weighted by atomic mass is 79.9. The number of carbonyl (C=O) groups excluding carboxylic acids is 1. The normalized spacial score (nSPS) is 15.5. The molecule has 140 valence electrons. The lowest BCUT2D eigenvalue weighted by atomic mass is 10.1. The van der Waals surface area contributed by atoms with Crippen LogP contribution in [0.5, 0.6) is 0 Å². The van der Waals surface area contributed by atoms with Gasteiger partial charge in [0, 0.05) is 38.9 Å². The van der Waals surface area contributed by atoms with Crippen LogP contribution in [0.3, 0.4) is 0 Å². The van der Waals surface area contributed by atoms with Gasteiger partial charge >= 0.3 is 0 Å². The number of nitrogens with one attached hydrogen (secondary N) is 2. The SMILES string of the molecule is CC(C)c1[nH]nc(C(=O)NCc2ccnc(N3CCN(C)CC3)c2)c1Br. The Morgan fingerprint density at radius 2 is 2.08 bits per heavy atom. The number of H-pyrrole nitrogens is 1. The molecule has 0 spiro atoms. The Morgan fingerprint density at radius 1 is 1.35 bits per heavy atom. The average Bonchev–Trinajstić information content (AvgIpc) is 3.02. The lowest BCUT2D eigenvalue weighted by Crippen LogP contribution is -2.44. The number of piperazine rings is 1. The number of hydrogen-bond donors (Lipinski definition) is 2. The van der Waals surface area contributed by atoms with Gasteiger partial charge in [-0.25, -0.2) is 4.98 Å². The van der Waals surface area contributed by atoms with E-state index in [1.54, 1.807) is 6.20 Å². The Morgan fingerprint density at radius 3 is 2.73 bits per heavy atom. The topological polar surface area (TPSA) is 77.1 Å². The zero-order valence-electron chi connectivity index (χ0n) is 15.4. The number of carbonyl (C=O) groups is 1. The summed E-state index contributed by atoms with van der Waals surface area (Å²) in [6.45, 7) is 8.56. The third-order valence-electron chi connectivity index (χ3n) is 4.62. The molecule has 1 saturated heterocycles. The lowest BCUT2D eigenvalue weighted by Gasteiger charge is -2.33. The number of halogens is 1. The van der Waals surface area contributed by atoms with Gasteiger partial charge < -0.3 is 15.1 Å². The molecular formula is C18H25BrN6O. The molecule has 2 N–H and O–H groups in total. The second-order valence-electron chi connectivity index (χ2n) is 6.95. The number of nitrogens with zero attached hydrogens (tertiary/aromatic N) is 4. The second kappa shape index (κ2) is 8.18. The Hall–Kier alpha value is -1.93. The molecule has 0 unspecified atom stereocenters. The standard InChI is InChI=1S/C18H25BrN6O/c1-12(2)16-15(19)17(23-22-16)18(26)21-11-13-4-5-20-14(10-13)25-8-6-24(3)7-9-25/h4-5,10,12H,6-9,11H2,1-3H3,(H,21,26)(H,22,23). The molecule has 1 fully saturated rings. The summed E-state index contributed by atoms with van der Waals surface area (Å²) < 4.78 is 0.734. The van der Waals surface area contributed by atoms with E-state index in [-0.39, 0.29) is 11.8 Å². The highest BCUT2D eigenvalue weighted by Crippen LogP contribution is 2.25. The van der Waals surface area contributed by atoms with Gasteiger partial charge in [0.05, 0.1) is 10.2 Å². The van der Waals surface area contributed by atoms with Gasteiger partial charge in [-0.2, -0.15) is 5.10 Å². The Bertz CT molecular complexity index is 767. The first-order valence-electron chi connectivity index (χ1n) is 8.86. The fourth-order valence-electron chi connectivity index (χ4n) is 2.92. The smallest absolute Gasteiger partial charge is 0.273 e. The van der Waals surface area contributed by atoms with E-state index < -0.39 is 0 Å². The van der Waals surface area contributed by atoms with Crippen LogP contribution in [-0.4, -0.2) is 59.2 Å². The van der Waals surface area contributed by atoms with Crippen molar-refractivity contribution < 1.29 is 4.79 Å². The van der Waals surface area contributed by atoms with E-state index >= 15 is 0 Å². The van der Waals surface area contributed by atoms with Gasteiger partial charge in [0.15, 0.2) is 5.69 Å². The van der Waals surface area contributed by atoms with Crippen molar-refractivity contribution in [1.29, 1.82) is 0 Å². The summed E-state index contributed by atoms with van der Waals surface area (Å²) in [5.41, 5.74) is 2.34. The van der Waals surface area contributed by atoms with Crippen LogP contribution in [0, 0.1) is 0 Å². The van der Waals surface area contributed by atoms with Crippen LogP contribution in [0.2, 0.25) is 0 Å². The van der Waals surface area contributed by atoms with Gasteiger partial charge in [-0.3, -0.25) is 9.89 Å². The fourth-order valence-corrected chi connectivity index (χ4v) is 3.74. The van der Waals surface area contributed by atoms with Crippen molar-refractivity contribution in [2.75, 3.05) is 38.1 Å². The monoisotopic (exact) mass is 420 g/mol. The second-order valence-corrected chi connectivity index (χ2v) is 7.74. The zero-order chi connectivity index (χ0) is 18.7. The lowest BCUT2D eigenvalue weighted by molar-refractivity contribution is 0.0945. The van der Waals surface area contributed by atoms with Crippen LogP contribution in [0.4, 0.5) is 5.82 Å². The first-order valence-corrected chi connectivity index (χ1v) is 9.65. The number of aromatic nitrogens is 3. The minimum absolute atomic E-state index is 0.196. The minimum Gasteiger partial charge on any atom is -0.354 e. The molecule has 3 rings (SSSR count). The Kier molecular flexibility index (Phi) is 5.93. The largest absolute Gasteiger partial charge is 0.354 e. The molecular weight excluding hydrogens is 396 g/mol. The molecule has 1 aliphatic heterocycles. The van der Waals surface area contributed by atoms with Crippen LogP contribution < -0.4 is 10.2 Å². The summed E-state index contributed by atoms with van der Waals surface area (Å²) >= 11 is 3.47. The first kappa shape index (κ1) is 18.8. The fraction of sp³-hybridized carbons (Fsp3) is 0.500. The van der Waals surface area contributed by atoms with Crippen LogP contribution >= 0.6 is 15.9 Å². The van der Waals surface area contributed by atoms with Crippen LogP contribution in [0.15, 0.2) is 22.8 Å². The van der Waals surface area contributed by atoms with Gasteiger partial charge in [-0.05, 0) is 46.6 Å². The van der Waals surface area contributed by atoms with Crippen molar-refractivity contribution in [3.63, 3.8) is 0 Å². The van der Waals surface area contributed by atoms with Crippen molar-refractivity contribution in [2.45, 2.75) is 26.3 Å². The predicted molar refractivity (Wildman–Crippen MR) is 105 cm³/mol. The van der Waals surface area contributed by atoms with Crippen LogP contribution in [-0.2, 0) is 6.54 Å². The van der Waals surface area contributed by atoms with Gasteiger partial charge in [0.1, 0.15) is 5.82 Å². The summed E-state index contributed by atoms with van der Waals surface area (Å²) in [5, 5.41) is 10.0. The molecule has 8 heteroatoms. The summed E-state index contributed by atoms with van der Waals surface area (Å²) in [5.74, 6) is 1.04. The van der Waals surface area contributed by atoms with Gasteiger partial charge in [-0.1, -0.05) is 13.8 Å². The van der Waals surface area contributed by atoms with Gasteiger partial charge in [0.25, 0.3) is 5.91 Å². The van der Waals surface area contributed by atoms with Crippen molar-refractivity contribution in [3.05, 3.63) is 39.8 Å². The van der Waals surface area contributed by atoms with Gasteiger partial charge in [0.2, 0.25) is 0 Å². The zero-order valence-corrected chi connectivity index (χ0v) is 17.0. The molecule has 2 aromatic heterocycles. The molecule has 1 aliphatic rings. The predicted octanol–water partition coefficient (Wildman–Crippen LogP) is 2.37. The first-order chi connectivity index (χ1) is 12.5. The summed E-state index contributed by atoms with van der Waals surface area (Å²) in [6.07, 6.45) is 1.80. The maximum atomic E-state index is 12.4. The Balaban J connectivity index is 1.63. The van der Waals surface area contributed by atoms with E-state index in [1.165, 1.54) is 0 Å². The van der Waals surface area contributed by atoms with E-state index in [9.17, 15) is 4.79 Å². The highest BCUT2D eigenvalue weighted by Gasteiger charge is 2.19. The van der Waals surface area contributed by atoms with Gasteiger partial charge in [-0.15, -0.1) is 0 Å². The molecule has 0 aromatic carbocycles. The Labute approximate surface area is 162 Å². The van der Waals surface area contributed by atoms with E-state index in [4.69, 9.17) is 0 Å². The summed E-state index contributed by atoms with van der Waals surface area (Å²) in [7, 11) is 2.13. The molecule has 0 bridgehead atoms. The average molecular weight is 421 g/mol. The van der Waals surface area contributed by atoms with Crippen molar-refractivity contribution in [3.8, 4) is 0 Å². The summed E-state index contributed by atoms with van der Waals surface area (Å²) in [4.78, 5) is 21.5. The molecule has 0 atom stereocenters. The van der Waals surface area contributed by atoms with Crippen molar-refractivity contribution in [2.24, 2.45) is 0 Å². The molecule has 0 saturated carbocycles. The van der Waals surface area contributed by atoms with Crippen LogP contribution in [0.1, 0.15) is 41.5 Å². The third-order valence-corrected chi connectivity index (χ3v) is 5.42. The molecule has 1 amide bonds. The summed E-state index contributed by atoms with van der Waals surface area (Å²) in [6, 6.07) is 3.98. The number of likely N-dealkylation sites (N-methyl/N-ethyl adjacent to an activating group) is 1. The number of pyridine rings is 1. The number of rotatable bonds is 5. The van der Waals surface area contributed by atoms with E-state index in [2.05, 4.69) is 67.1 Å². The number of anilines is 1. The third kappa shape index (κ3) is 4.24. The maximum absolute atomic E-state index is 12.4. The van der Waals surface area contributed by atoms with E-state index in [0.29, 0.717) is 12.2 Å². The van der Waals surface area contributed by atoms with E-state index in [1.807, 2.05) is 12.1 Å². The molecule has 3 heterocycles. The molecule has 2 aromatic rings. The van der Waals surface area contributed by atoms with Crippen molar-refractivity contribution >= 4 is 27.7 Å². The van der Waals surface area contributed by atoms with Crippen LogP contribution in [0.25, 0.3) is 0 Å². The number of amides is 1. The minimum atomic E-state index is -0.196. The van der Waals surface area contributed by atoms with Crippen molar-refractivity contribution in [1.82, 2.24) is 25.4 Å². The number of hydrogen-bond acceptors (Lipinski definition) is 5. The maximum Gasteiger partial charge on any atom is 0.273 e. The van der Waals surface area contributed by atoms with E-state index in [0.717, 1.165) is 47.7 Å². The molecule has 26 heavy (non-hydrogen) atoms.